The summed E-state index contributed by atoms with van der Waals surface area (Å²) in [7, 11) is 0. The molecule has 0 radical (unpaired) electrons. The molecular weight excluding hydrogens is 151 g/mol. The van der Waals surface area contributed by atoms with Crippen LogP contribution in [0.3, 0.4) is 0 Å². The van der Waals surface area contributed by atoms with E-state index < -0.39 is 5.67 Å². The van der Waals surface area contributed by atoms with Crippen molar-refractivity contribution in [3.05, 3.63) is 42.5 Å². The van der Waals surface area contributed by atoms with Crippen molar-refractivity contribution in [1.29, 1.82) is 0 Å². The number of rotatable bonds is 2. The van der Waals surface area contributed by atoms with Crippen LogP contribution in [0.5, 0.6) is 0 Å². The molecule has 0 bridgehead atoms. The third-order valence-corrected chi connectivity index (χ3v) is 1.84. The summed E-state index contributed by atoms with van der Waals surface area (Å²) in [5, 5.41) is 0. The highest BCUT2D eigenvalue weighted by Crippen LogP contribution is 2.27. The summed E-state index contributed by atoms with van der Waals surface area (Å²) in [6, 6.07) is 9.40. The van der Waals surface area contributed by atoms with E-state index in [0.29, 0.717) is 5.57 Å². The van der Waals surface area contributed by atoms with Crippen molar-refractivity contribution in [2.45, 2.75) is 19.5 Å². The minimum atomic E-state index is -1.33. The topological polar surface area (TPSA) is 0 Å². The molecule has 12 heavy (non-hydrogen) atoms. The lowest BCUT2D eigenvalue weighted by molar-refractivity contribution is 0.301. The molecule has 0 aliphatic heterocycles. The highest BCUT2D eigenvalue weighted by atomic mass is 19.1. The predicted octanol–water partition coefficient (Wildman–Crippen LogP) is 3.45. The van der Waals surface area contributed by atoms with Crippen LogP contribution in [-0.4, -0.2) is 5.67 Å². The maximum atomic E-state index is 13.4. The largest absolute Gasteiger partial charge is 0.239 e. The van der Waals surface area contributed by atoms with Gasteiger partial charge in [0.25, 0.3) is 0 Å². The molecule has 0 atom stereocenters. The Bertz CT molecular complexity index is 267. The van der Waals surface area contributed by atoms with Crippen molar-refractivity contribution >= 4 is 5.57 Å². The Balaban J connectivity index is 2.94. The van der Waals surface area contributed by atoms with Gasteiger partial charge in [0.05, 0.1) is 0 Å². The molecule has 0 heterocycles. The van der Waals surface area contributed by atoms with Crippen LogP contribution in [0.4, 0.5) is 4.39 Å². The lowest BCUT2D eigenvalue weighted by Crippen LogP contribution is -2.13. The van der Waals surface area contributed by atoms with E-state index in [0.717, 1.165) is 5.56 Å². The van der Waals surface area contributed by atoms with E-state index in [4.69, 9.17) is 0 Å². The average molecular weight is 164 g/mol. The van der Waals surface area contributed by atoms with Gasteiger partial charge in [0, 0.05) is 0 Å². The molecule has 1 aromatic carbocycles. The number of hydrogen-bond donors (Lipinski definition) is 0. The summed E-state index contributed by atoms with van der Waals surface area (Å²) in [6.07, 6.45) is 0. The van der Waals surface area contributed by atoms with Gasteiger partial charge in [0.2, 0.25) is 0 Å². The van der Waals surface area contributed by atoms with E-state index in [1.807, 2.05) is 30.3 Å². The maximum Gasteiger partial charge on any atom is 0.130 e. The highest BCUT2D eigenvalue weighted by molar-refractivity contribution is 5.69. The Morgan fingerprint density at radius 3 is 2.17 bits per heavy atom. The summed E-state index contributed by atoms with van der Waals surface area (Å²) in [6.45, 7) is 6.75. The van der Waals surface area contributed by atoms with E-state index >= 15 is 0 Å². The van der Waals surface area contributed by atoms with E-state index in [2.05, 4.69) is 6.58 Å². The lowest BCUT2D eigenvalue weighted by Gasteiger charge is -2.17. The van der Waals surface area contributed by atoms with Gasteiger partial charge in [-0.25, -0.2) is 4.39 Å². The van der Waals surface area contributed by atoms with E-state index in [1.54, 1.807) is 0 Å². The normalized spacial score (nSPS) is 11.2. The summed E-state index contributed by atoms with van der Waals surface area (Å²) in [5.74, 6) is 0. The molecule has 0 saturated heterocycles. The molecule has 0 fully saturated rings. The molecule has 0 saturated carbocycles. The number of halogens is 1. The quantitative estimate of drug-likeness (QED) is 0.628. The fourth-order valence-corrected chi connectivity index (χ4v) is 0.983. The van der Waals surface area contributed by atoms with Gasteiger partial charge in [-0.1, -0.05) is 36.9 Å². The second kappa shape index (κ2) is 3.10. The second-order valence-electron chi connectivity index (χ2n) is 3.32. The van der Waals surface area contributed by atoms with Crippen molar-refractivity contribution in [2.75, 3.05) is 0 Å². The van der Waals surface area contributed by atoms with Crippen LogP contribution in [0.25, 0.3) is 5.57 Å². The zero-order valence-corrected chi connectivity index (χ0v) is 7.47. The molecule has 0 aromatic heterocycles. The third kappa shape index (κ3) is 1.94. The molecule has 0 aliphatic rings. The lowest BCUT2D eigenvalue weighted by atomic mass is 9.95. The van der Waals surface area contributed by atoms with Crippen molar-refractivity contribution < 1.29 is 4.39 Å². The molecule has 64 valence electrons. The van der Waals surface area contributed by atoms with Crippen LogP contribution in [0.15, 0.2) is 36.9 Å². The monoisotopic (exact) mass is 164 g/mol. The molecule has 0 aliphatic carbocycles. The first-order chi connectivity index (χ1) is 5.52. The predicted molar refractivity (Wildman–Crippen MR) is 50.7 cm³/mol. The molecule has 0 amide bonds. The molecule has 1 rings (SSSR count). The van der Waals surface area contributed by atoms with Crippen LogP contribution < -0.4 is 0 Å². The SMILES string of the molecule is C=C(c1ccccc1)C(C)(C)F. The molecular formula is C11H13F. The fourth-order valence-electron chi connectivity index (χ4n) is 0.983. The summed E-state index contributed by atoms with van der Waals surface area (Å²) >= 11 is 0. The van der Waals surface area contributed by atoms with Crippen LogP contribution >= 0.6 is 0 Å². The van der Waals surface area contributed by atoms with Crippen molar-refractivity contribution in [1.82, 2.24) is 0 Å². The van der Waals surface area contributed by atoms with Gasteiger partial charge < -0.3 is 0 Å². The number of hydrogen-bond acceptors (Lipinski definition) is 0. The summed E-state index contributed by atoms with van der Waals surface area (Å²) in [4.78, 5) is 0. The zero-order chi connectivity index (χ0) is 9.19. The molecule has 1 aromatic rings. The Hall–Kier alpha value is -1.11. The van der Waals surface area contributed by atoms with E-state index in [1.165, 1.54) is 13.8 Å². The Morgan fingerprint density at radius 1 is 1.25 bits per heavy atom. The molecule has 0 unspecified atom stereocenters. The van der Waals surface area contributed by atoms with Crippen LogP contribution in [-0.2, 0) is 0 Å². The molecule has 0 spiro atoms. The summed E-state index contributed by atoms with van der Waals surface area (Å²) < 4.78 is 13.4. The van der Waals surface area contributed by atoms with Crippen molar-refractivity contribution in [3.63, 3.8) is 0 Å². The maximum absolute atomic E-state index is 13.4. The van der Waals surface area contributed by atoms with Gasteiger partial charge in [-0.05, 0) is 25.0 Å². The fraction of sp³-hybridized carbons (Fsp3) is 0.273. The van der Waals surface area contributed by atoms with Gasteiger partial charge >= 0.3 is 0 Å². The Labute approximate surface area is 72.7 Å². The van der Waals surface area contributed by atoms with Gasteiger partial charge in [0.1, 0.15) is 5.67 Å². The molecule has 0 N–H and O–H groups in total. The average Bonchev–Trinajstić information content (AvgIpc) is 2.03. The van der Waals surface area contributed by atoms with E-state index in [9.17, 15) is 4.39 Å². The number of allylic oxidation sites excluding steroid dienone is 1. The smallest absolute Gasteiger partial charge is 0.130 e. The first kappa shape index (κ1) is 8.98. The van der Waals surface area contributed by atoms with Crippen LogP contribution in [0, 0.1) is 0 Å². The van der Waals surface area contributed by atoms with Crippen LogP contribution in [0.1, 0.15) is 19.4 Å². The second-order valence-corrected chi connectivity index (χ2v) is 3.32. The first-order valence-electron chi connectivity index (χ1n) is 3.95. The standard InChI is InChI=1S/C11H13F/c1-9(11(2,3)12)10-7-5-4-6-8-10/h4-8H,1H2,2-3H3. The molecule has 1 heteroatoms. The Kier molecular flexibility index (Phi) is 2.32. The van der Waals surface area contributed by atoms with Crippen molar-refractivity contribution in [3.8, 4) is 0 Å². The van der Waals surface area contributed by atoms with Crippen LogP contribution in [0.2, 0.25) is 0 Å². The Morgan fingerprint density at radius 2 is 1.75 bits per heavy atom. The minimum absolute atomic E-state index is 0.531. The van der Waals surface area contributed by atoms with E-state index in [-0.39, 0.29) is 0 Å². The first-order valence-corrected chi connectivity index (χ1v) is 3.95. The number of benzene rings is 1. The van der Waals surface area contributed by atoms with Gasteiger partial charge in [-0.2, -0.15) is 0 Å². The van der Waals surface area contributed by atoms with Gasteiger partial charge in [0.15, 0.2) is 0 Å². The number of alkyl halides is 1. The minimum Gasteiger partial charge on any atom is -0.239 e. The third-order valence-electron chi connectivity index (χ3n) is 1.84. The van der Waals surface area contributed by atoms with Gasteiger partial charge in [-0.15, -0.1) is 0 Å². The van der Waals surface area contributed by atoms with Crippen molar-refractivity contribution in [2.24, 2.45) is 0 Å². The van der Waals surface area contributed by atoms with Gasteiger partial charge in [-0.3, -0.25) is 0 Å². The highest BCUT2D eigenvalue weighted by Gasteiger charge is 2.20. The summed E-state index contributed by atoms with van der Waals surface area (Å²) in [5.41, 5.74) is 0.0644. The molecule has 0 nitrogen and oxygen atoms in total. The zero-order valence-electron chi connectivity index (χ0n) is 7.47.